The summed E-state index contributed by atoms with van der Waals surface area (Å²) in [5.41, 5.74) is 0.881. The second kappa shape index (κ2) is 9.63. The number of thioether (sulfide) groups is 1. The summed E-state index contributed by atoms with van der Waals surface area (Å²) in [4.78, 5) is 27.9. The maximum Gasteiger partial charge on any atom is 0.416 e. The molecule has 2 aliphatic rings. The van der Waals surface area contributed by atoms with Crippen LogP contribution in [0.2, 0.25) is 0 Å². The van der Waals surface area contributed by atoms with Crippen LogP contribution in [0.4, 0.5) is 13.2 Å². The zero-order valence-electron chi connectivity index (χ0n) is 18.1. The van der Waals surface area contributed by atoms with Crippen LogP contribution in [0.25, 0.3) is 6.08 Å². The zero-order chi connectivity index (χ0) is 23.6. The molecule has 0 bridgehead atoms. The Morgan fingerprint density at radius 1 is 1.12 bits per heavy atom. The Morgan fingerprint density at radius 2 is 1.82 bits per heavy atom. The summed E-state index contributed by atoms with van der Waals surface area (Å²) < 4.78 is 38.4. The van der Waals surface area contributed by atoms with Gasteiger partial charge in [0.05, 0.1) is 10.5 Å². The quantitative estimate of drug-likeness (QED) is 0.627. The third-order valence-corrected chi connectivity index (χ3v) is 7.68. The Morgan fingerprint density at radius 3 is 2.48 bits per heavy atom. The number of rotatable bonds is 4. The summed E-state index contributed by atoms with van der Waals surface area (Å²) >= 11 is 1.47. The van der Waals surface area contributed by atoms with Gasteiger partial charge in [-0.25, -0.2) is 0 Å². The Labute approximate surface area is 195 Å². The number of fused-ring (bicyclic) bond motifs is 1. The summed E-state index contributed by atoms with van der Waals surface area (Å²) in [6, 6.07) is 14.5. The van der Waals surface area contributed by atoms with Gasteiger partial charge in [0, 0.05) is 30.8 Å². The molecule has 4 rings (SSSR count). The summed E-state index contributed by atoms with van der Waals surface area (Å²) in [6.07, 6.45) is -0.599. The number of amides is 2. The van der Waals surface area contributed by atoms with Crippen molar-refractivity contribution < 1.29 is 22.8 Å². The highest BCUT2D eigenvalue weighted by Crippen LogP contribution is 2.43. The van der Waals surface area contributed by atoms with Crippen molar-refractivity contribution in [2.75, 3.05) is 7.05 Å². The van der Waals surface area contributed by atoms with Gasteiger partial charge in [0.1, 0.15) is 0 Å². The molecule has 2 aromatic rings. The molecule has 33 heavy (non-hydrogen) atoms. The summed E-state index contributed by atoms with van der Waals surface area (Å²) in [6.45, 7) is 0.480. The first-order valence-corrected chi connectivity index (χ1v) is 11.7. The van der Waals surface area contributed by atoms with Gasteiger partial charge in [-0.05, 0) is 48.6 Å². The molecule has 1 saturated carbocycles. The van der Waals surface area contributed by atoms with Gasteiger partial charge < -0.3 is 10.2 Å². The van der Waals surface area contributed by atoms with E-state index in [1.165, 1.54) is 23.9 Å². The number of carbonyl (C=O) groups is 2. The predicted octanol–water partition coefficient (Wildman–Crippen LogP) is 5.11. The molecule has 0 radical (unpaired) electrons. The zero-order valence-corrected chi connectivity index (χ0v) is 19.0. The SMILES string of the molecule is CN1C(=O)/C(=C/c2ccc(C(F)(F)F)cc2)SC2CCC(C(=O)NCc3ccccc3)CC21. The third kappa shape index (κ3) is 5.43. The molecule has 3 unspecified atom stereocenters. The van der Waals surface area contributed by atoms with Crippen molar-refractivity contribution in [2.24, 2.45) is 5.92 Å². The number of likely N-dealkylation sites (N-methyl/N-ethyl adjacent to an activating group) is 1. The highest BCUT2D eigenvalue weighted by atomic mass is 32.2. The van der Waals surface area contributed by atoms with E-state index in [4.69, 9.17) is 0 Å². The van der Waals surface area contributed by atoms with E-state index < -0.39 is 11.7 Å². The van der Waals surface area contributed by atoms with Gasteiger partial charge in [-0.1, -0.05) is 42.5 Å². The highest BCUT2D eigenvalue weighted by Gasteiger charge is 2.42. The van der Waals surface area contributed by atoms with E-state index in [1.54, 1.807) is 18.0 Å². The van der Waals surface area contributed by atoms with Crippen molar-refractivity contribution in [3.05, 3.63) is 76.2 Å². The molecule has 174 valence electrons. The van der Waals surface area contributed by atoms with Gasteiger partial charge in [0.15, 0.2) is 0 Å². The molecule has 3 atom stereocenters. The van der Waals surface area contributed by atoms with Gasteiger partial charge in [0.2, 0.25) is 5.91 Å². The normalized spacial score (nSPS) is 24.5. The Kier molecular flexibility index (Phi) is 6.83. The standard InChI is InChI=1S/C25H25F3N2O2S/c1-30-20-14-18(23(31)29-15-17-5-3-2-4-6-17)9-12-21(20)33-22(24(30)32)13-16-7-10-19(11-8-16)25(26,27)28/h2-8,10-11,13,18,20-21H,9,12,14-15H2,1H3,(H,29,31)/b22-13-. The Balaban J connectivity index is 1.40. The minimum Gasteiger partial charge on any atom is -0.352 e. The molecular formula is C25H25F3N2O2S. The number of hydrogen-bond donors (Lipinski definition) is 1. The van der Waals surface area contributed by atoms with Crippen LogP contribution in [0.5, 0.6) is 0 Å². The molecule has 0 aromatic heterocycles. The first kappa shape index (κ1) is 23.4. The van der Waals surface area contributed by atoms with E-state index in [9.17, 15) is 22.8 Å². The van der Waals surface area contributed by atoms with Crippen LogP contribution in [0.15, 0.2) is 59.5 Å². The van der Waals surface area contributed by atoms with Crippen LogP contribution in [0.3, 0.4) is 0 Å². The van der Waals surface area contributed by atoms with Crippen LogP contribution >= 0.6 is 11.8 Å². The second-order valence-corrected chi connectivity index (χ2v) is 9.76. The molecule has 1 N–H and O–H groups in total. The molecule has 1 aliphatic heterocycles. The first-order chi connectivity index (χ1) is 15.7. The number of alkyl halides is 3. The van der Waals surface area contributed by atoms with Crippen molar-refractivity contribution >= 4 is 29.7 Å². The highest BCUT2D eigenvalue weighted by molar-refractivity contribution is 8.04. The van der Waals surface area contributed by atoms with Crippen LogP contribution < -0.4 is 5.32 Å². The molecule has 8 heteroatoms. The van der Waals surface area contributed by atoms with Gasteiger partial charge in [-0.3, -0.25) is 9.59 Å². The van der Waals surface area contributed by atoms with Crippen LogP contribution in [-0.4, -0.2) is 35.1 Å². The lowest BCUT2D eigenvalue weighted by Gasteiger charge is -2.44. The third-order valence-electron chi connectivity index (χ3n) is 6.28. The topological polar surface area (TPSA) is 49.4 Å². The average Bonchev–Trinajstić information content (AvgIpc) is 2.81. The minimum atomic E-state index is -4.39. The molecule has 1 aliphatic carbocycles. The van der Waals surface area contributed by atoms with Crippen molar-refractivity contribution in [1.29, 1.82) is 0 Å². The van der Waals surface area contributed by atoms with Crippen molar-refractivity contribution in [3.63, 3.8) is 0 Å². The van der Waals surface area contributed by atoms with Crippen LogP contribution in [0.1, 0.15) is 36.0 Å². The predicted molar refractivity (Wildman–Crippen MR) is 123 cm³/mol. The monoisotopic (exact) mass is 474 g/mol. The molecule has 2 amide bonds. The van der Waals surface area contributed by atoms with Gasteiger partial charge in [-0.2, -0.15) is 13.2 Å². The van der Waals surface area contributed by atoms with E-state index >= 15 is 0 Å². The smallest absolute Gasteiger partial charge is 0.352 e. The molecule has 1 heterocycles. The fourth-order valence-corrected chi connectivity index (χ4v) is 5.86. The van der Waals surface area contributed by atoms with Crippen molar-refractivity contribution in [2.45, 2.75) is 43.3 Å². The summed E-state index contributed by atoms with van der Waals surface area (Å²) in [7, 11) is 1.74. The Hall–Kier alpha value is -2.74. The number of hydrogen-bond acceptors (Lipinski definition) is 3. The summed E-state index contributed by atoms with van der Waals surface area (Å²) in [5.74, 6) is -0.299. The minimum absolute atomic E-state index is 0.00856. The lowest BCUT2D eigenvalue weighted by molar-refractivity contribution is -0.137. The number of nitrogens with one attached hydrogen (secondary N) is 1. The summed E-state index contributed by atoms with van der Waals surface area (Å²) in [5, 5.41) is 3.16. The van der Waals surface area contributed by atoms with Crippen LogP contribution in [-0.2, 0) is 22.3 Å². The van der Waals surface area contributed by atoms with E-state index in [2.05, 4.69) is 5.32 Å². The number of halogens is 3. The average molecular weight is 475 g/mol. The van der Waals surface area contributed by atoms with Crippen molar-refractivity contribution in [1.82, 2.24) is 10.2 Å². The number of nitrogens with zero attached hydrogens (tertiary/aromatic N) is 1. The number of carbonyl (C=O) groups excluding carboxylic acids is 2. The number of benzene rings is 2. The van der Waals surface area contributed by atoms with E-state index in [1.807, 2.05) is 30.3 Å². The van der Waals surface area contributed by atoms with Crippen LogP contribution in [0, 0.1) is 5.92 Å². The first-order valence-electron chi connectivity index (χ1n) is 10.9. The van der Waals surface area contributed by atoms with E-state index in [0.29, 0.717) is 23.4 Å². The second-order valence-electron chi connectivity index (χ2n) is 8.48. The van der Waals surface area contributed by atoms with E-state index in [0.717, 1.165) is 30.5 Å². The maximum atomic E-state index is 13.0. The fourth-order valence-electron chi connectivity index (χ4n) is 4.38. The van der Waals surface area contributed by atoms with Crippen molar-refractivity contribution in [3.8, 4) is 0 Å². The van der Waals surface area contributed by atoms with Gasteiger partial charge >= 0.3 is 6.18 Å². The lowest BCUT2D eigenvalue weighted by Crippen LogP contribution is -2.52. The fraction of sp³-hybridized carbons (Fsp3) is 0.360. The molecule has 1 saturated heterocycles. The van der Waals surface area contributed by atoms with E-state index in [-0.39, 0.29) is 29.0 Å². The largest absolute Gasteiger partial charge is 0.416 e. The lowest BCUT2D eigenvalue weighted by atomic mass is 9.83. The molecule has 0 spiro atoms. The molecular weight excluding hydrogens is 449 g/mol. The maximum absolute atomic E-state index is 13.0. The molecule has 4 nitrogen and oxygen atoms in total. The molecule has 2 aromatic carbocycles. The Bertz CT molecular complexity index is 1040. The van der Waals surface area contributed by atoms with Gasteiger partial charge in [0.25, 0.3) is 5.91 Å². The van der Waals surface area contributed by atoms with Gasteiger partial charge in [-0.15, -0.1) is 11.8 Å². The molecule has 2 fully saturated rings.